The van der Waals surface area contributed by atoms with E-state index in [1.54, 1.807) is 0 Å². The Bertz CT molecular complexity index is 293. The number of halogens is 1. The van der Waals surface area contributed by atoms with E-state index in [-0.39, 0.29) is 5.91 Å². The predicted octanol–water partition coefficient (Wildman–Crippen LogP) is 1.77. The second kappa shape index (κ2) is 3.72. The molecule has 0 spiro atoms. The van der Waals surface area contributed by atoms with Gasteiger partial charge in [-0.1, -0.05) is 0 Å². The third-order valence-electron chi connectivity index (χ3n) is 1.55. The molecule has 0 aromatic carbocycles. The van der Waals surface area contributed by atoms with Gasteiger partial charge in [-0.15, -0.1) is 11.6 Å². The van der Waals surface area contributed by atoms with Crippen LogP contribution in [0.15, 0.2) is 6.07 Å². The van der Waals surface area contributed by atoms with Crippen LogP contribution in [-0.2, 0) is 0 Å². The summed E-state index contributed by atoms with van der Waals surface area (Å²) in [6.45, 7) is 3.71. The van der Waals surface area contributed by atoms with Crippen molar-refractivity contribution in [2.75, 3.05) is 5.88 Å². The van der Waals surface area contributed by atoms with Gasteiger partial charge in [0.1, 0.15) is 0 Å². The fraction of sp³-hybridized carbons (Fsp3) is 0.500. The number of carbonyl (C=O) groups excluding carboxylic acids is 1. The van der Waals surface area contributed by atoms with Crippen LogP contribution in [0.3, 0.4) is 0 Å². The highest BCUT2D eigenvalue weighted by atomic mass is 35.5. The van der Waals surface area contributed by atoms with E-state index in [2.05, 4.69) is 5.10 Å². The zero-order valence-corrected chi connectivity index (χ0v) is 7.93. The van der Waals surface area contributed by atoms with Crippen molar-refractivity contribution >= 4 is 17.5 Å². The molecule has 1 rings (SSSR count). The van der Waals surface area contributed by atoms with Crippen molar-refractivity contribution in [3.05, 3.63) is 17.5 Å². The molecule has 12 heavy (non-hydrogen) atoms. The van der Waals surface area contributed by atoms with E-state index in [1.165, 1.54) is 4.68 Å². The third kappa shape index (κ3) is 1.85. The van der Waals surface area contributed by atoms with E-state index < -0.39 is 0 Å². The molecule has 66 valence electrons. The summed E-state index contributed by atoms with van der Waals surface area (Å²) in [5, 5.41) is 4.04. The minimum atomic E-state index is -0.0457. The number of hydrogen-bond acceptors (Lipinski definition) is 2. The maximum absolute atomic E-state index is 11.3. The molecular weight excluding hydrogens is 176 g/mol. The Labute approximate surface area is 76.3 Å². The van der Waals surface area contributed by atoms with Crippen LogP contribution in [0.2, 0.25) is 0 Å². The Balaban J connectivity index is 2.87. The van der Waals surface area contributed by atoms with E-state index in [1.807, 2.05) is 19.9 Å². The third-order valence-corrected chi connectivity index (χ3v) is 1.74. The van der Waals surface area contributed by atoms with Gasteiger partial charge in [0.05, 0.1) is 5.69 Å². The molecule has 4 heteroatoms. The van der Waals surface area contributed by atoms with E-state index in [4.69, 9.17) is 11.6 Å². The molecule has 0 saturated heterocycles. The molecule has 0 aliphatic rings. The molecule has 0 atom stereocenters. The van der Waals surface area contributed by atoms with Gasteiger partial charge in [-0.05, 0) is 19.9 Å². The van der Waals surface area contributed by atoms with Crippen molar-refractivity contribution in [2.45, 2.75) is 20.3 Å². The van der Waals surface area contributed by atoms with Gasteiger partial charge < -0.3 is 0 Å². The van der Waals surface area contributed by atoms with Crippen LogP contribution in [-0.4, -0.2) is 21.6 Å². The van der Waals surface area contributed by atoms with E-state index in [0.717, 1.165) is 11.4 Å². The molecular formula is C8H11ClN2O. The van der Waals surface area contributed by atoms with Crippen LogP contribution < -0.4 is 0 Å². The Morgan fingerprint density at radius 2 is 2.33 bits per heavy atom. The predicted molar refractivity (Wildman–Crippen MR) is 47.7 cm³/mol. The molecule has 1 aromatic rings. The zero-order valence-electron chi connectivity index (χ0n) is 7.17. The quantitative estimate of drug-likeness (QED) is 0.660. The van der Waals surface area contributed by atoms with Crippen LogP contribution in [0, 0.1) is 13.8 Å². The largest absolute Gasteiger partial charge is 0.273 e. The number of aromatic nitrogens is 2. The minimum Gasteiger partial charge on any atom is -0.273 e. The summed E-state index contributed by atoms with van der Waals surface area (Å²) < 4.78 is 1.40. The van der Waals surface area contributed by atoms with Crippen LogP contribution in [0.25, 0.3) is 0 Å². The van der Waals surface area contributed by atoms with Crippen molar-refractivity contribution in [3.63, 3.8) is 0 Å². The maximum atomic E-state index is 11.3. The lowest BCUT2D eigenvalue weighted by Gasteiger charge is -1.99. The topological polar surface area (TPSA) is 34.9 Å². The van der Waals surface area contributed by atoms with Crippen molar-refractivity contribution in [1.29, 1.82) is 0 Å². The molecule has 0 fully saturated rings. The van der Waals surface area contributed by atoms with Gasteiger partial charge in [-0.3, -0.25) is 4.79 Å². The summed E-state index contributed by atoms with van der Waals surface area (Å²) in [5.74, 6) is 0.299. The van der Waals surface area contributed by atoms with Gasteiger partial charge in [-0.25, -0.2) is 4.68 Å². The van der Waals surface area contributed by atoms with E-state index in [9.17, 15) is 4.79 Å². The number of hydrogen-bond donors (Lipinski definition) is 0. The molecule has 1 aromatic heterocycles. The van der Waals surface area contributed by atoms with Crippen molar-refractivity contribution in [3.8, 4) is 0 Å². The zero-order chi connectivity index (χ0) is 9.14. The summed E-state index contributed by atoms with van der Waals surface area (Å²) in [7, 11) is 0. The number of aryl methyl sites for hydroxylation is 2. The first-order valence-electron chi connectivity index (χ1n) is 3.77. The highest BCUT2D eigenvalue weighted by Crippen LogP contribution is 2.03. The molecule has 0 amide bonds. The Morgan fingerprint density at radius 3 is 2.75 bits per heavy atom. The normalized spacial score (nSPS) is 10.2. The fourth-order valence-electron chi connectivity index (χ4n) is 1.07. The lowest BCUT2D eigenvalue weighted by Crippen LogP contribution is -2.14. The summed E-state index contributed by atoms with van der Waals surface area (Å²) in [6, 6.07) is 1.87. The van der Waals surface area contributed by atoms with Crippen molar-refractivity contribution in [1.82, 2.24) is 9.78 Å². The average molecular weight is 187 g/mol. The van der Waals surface area contributed by atoms with Crippen molar-refractivity contribution in [2.24, 2.45) is 0 Å². The SMILES string of the molecule is Cc1cc(C)n(C(=O)CCCl)n1. The molecule has 0 radical (unpaired) electrons. The van der Waals surface area contributed by atoms with E-state index in [0.29, 0.717) is 12.3 Å². The molecule has 0 unspecified atom stereocenters. The molecule has 0 saturated carbocycles. The van der Waals surface area contributed by atoms with Crippen LogP contribution in [0.4, 0.5) is 0 Å². The fourth-order valence-corrected chi connectivity index (χ4v) is 1.23. The van der Waals surface area contributed by atoms with Gasteiger partial charge in [-0.2, -0.15) is 5.10 Å². The molecule has 0 aliphatic heterocycles. The van der Waals surface area contributed by atoms with E-state index >= 15 is 0 Å². The molecule has 3 nitrogen and oxygen atoms in total. The summed E-state index contributed by atoms with van der Waals surface area (Å²) in [6.07, 6.45) is 0.337. The monoisotopic (exact) mass is 186 g/mol. The Kier molecular flexibility index (Phi) is 2.87. The average Bonchev–Trinajstić information content (AvgIpc) is 2.30. The minimum absolute atomic E-state index is 0.0457. The van der Waals surface area contributed by atoms with Crippen LogP contribution >= 0.6 is 11.6 Å². The highest BCUT2D eigenvalue weighted by Gasteiger charge is 2.08. The molecule has 1 heterocycles. The van der Waals surface area contributed by atoms with Gasteiger partial charge in [0.25, 0.3) is 0 Å². The lowest BCUT2D eigenvalue weighted by atomic mass is 10.4. The number of carbonyl (C=O) groups is 1. The summed E-state index contributed by atoms with van der Waals surface area (Å²) >= 11 is 5.44. The first-order chi connectivity index (χ1) is 5.65. The first kappa shape index (κ1) is 9.26. The lowest BCUT2D eigenvalue weighted by molar-refractivity contribution is 0.0891. The standard InChI is InChI=1S/C8H11ClN2O/c1-6-5-7(2)11(10-6)8(12)3-4-9/h5H,3-4H2,1-2H3. The number of rotatable bonds is 2. The van der Waals surface area contributed by atoms with Gasteiger partial charge in [0, 0.05) is 18.0 Å². The van der Waals surface area contributed by atoms with Crippen molar-refractivity contribution < 1.29 is 4.79 Å². The molecule has 0 bridgehead atoms. The first-order valence-corrected chi connectivity index (χ1v) is 4.31. The second-order valence-electron chi connectivity index (χ2n) is 2.67. The van der Waals surface area contributed by atoms with Gasteiger partial charge in [0.2, 0.25) is 5.91 Å². The number of alkyl halides is 1. The van der Waals surface area contributed by atoms with Crippen LogP contribution in [0.5, 0.6) is 0 Å². The second-order valence-corrected chi connectivity index (χ2v) is 3.05. The number of nitrogens with zero attached hydrogens (tertiary/aromatic N) is 2. The Morgan fingerprint density at radius 1 is 1.67 bits per heavy atom. The summed E-state index contributed by atoms with van der Waals surface area (Å²) in [4.78, 5) is 11.3. The van der Waals surface area contributed by atoms with Crippen LogP contribution in [0.1, 0.15) is 22.6 Å². The van der Waals surface area contributed by atoms with Gasteiger partial charge >= 0.3 is 0 Å². The summed E-state index contributed by atoms with van der Waals surface area (Å²) in [5.41, 5.74) is 1.72. The molecule has 0 aliphatic carbocycles. The Hall–Kier alpha value is -0.830. The smallest absolute Gasteiger partial charge is 0.248 e. The highest BCUT2D eigenvalue weighted by molar-refractivity contribution is 6.18. The van der Waals surface area contributed by atoms with Gasteiger partial charge in [0.15, 0.2) is 0 Å². The maximum Gasteiger partial charge on any atom is 0.248 e. The molecule has 0 N–H and O–H groups in total.